The summed E-state index contributed by atoms with van der Waals surface area (Å²) < 4.78 is 0. The second-order valence-electron chi connectivity index (χ2n) is 4.83. The lowest BCUT2D eigenvalue weighted by atomic mass is 9.87. The second kappa shape index (κ2) is 4.75. The summed E-state index contributed by atoms with van der Waals surface area (Å²) in [4.78, 5) is 0. The van der Waals surface area contributed by atoms with E-state index in [1.54, 1.807) is 0 Å². The lowest BCUT2D eigenvalue weighted by Gasteiger charge is -2.22. The van der Waals surface area contributed by atoms with Crippen molar-refractivity contribution in [3.63, 3.8) is 0 Å². The first-order valence-corrected chi connectivity index (χ1v) is 6.69. The van der Waals surface area contributed by atoms with Crippen LogP contribution in [0.3, 0.4) is 0 Å². The number of hydrogen-bond acceptors (Lipinski definition) is 1. The highest BCUT2D eigenvalue weighted by atomic mass is 35.5. The zero-order chi connectivity index (χ0) is 12.5. The van der Waals surface area contributed by atoms with E-state index >= 15 is 0 Å². The molecule has 1 aliphatic rings. The maximum Gasteiger partial charge on any atom is 0.0792 e. The highest BCUT2D eigenvalue weighted by Crippen LogP contribution is 2.33. The van der Waals surface area contributed by atoms with Crippen LogP contribution in [0, 0.1) is 0 Å². The molecule has 0 heterocycles. The fraction of sp³-hybridized carbons (Fsp3) is 0.250. The van der Waals surface area contributed by atoms with Crippen molar-refractivity contribution in [1.29, 1.82) is 0 Å². The number of aliphatic hydroxyl groups excluding tert-OH is 1. The quantitative estimate of drug-likeness (QED) is 0.805. The predicted molar refractivity (Wildman–Crippen MR) is 74.8 cm³/mol. The number of hydrogen-bond donors (Lipinski definition) is 1. The van der Waals surface area contributed by atoms with Crippen molar-refractivity contribution in [2.45, 2.75) is 25.4 Å². The molecule has 2 aromatic rings. The molecule has 0 unspecified atom stereocenters. The van der Waals surface area contributed by atoms with Gasteiger partial charge in [0.15, 0.2) is 0 Å². The minimum atomic E-state index is -0.290. The second-order valence-corrected chi connectivity index (χ2v) is 5.27. The third kappa shape index (κ3) is 2.16. The molecule has 1 nitrogen and oxygen atoms in total. The van der Waals surface area contributed by atoms with E-state index in [2.05, 4.69) is 24.3 Å². The normalized spacial score (nSPS) is 18.4. The zero-order valence-corrected chi connectivity index (χ0v) is 10.8. The molecule has 0 fully saturated rings. The average Bonchev–Trinajstić information content (AvgIpc) is 2.39. The van der Waals surface area contributed by atoms with Gasteiger partial charge in [0.2, 0.25) is 0 Å². The first-order valence-electron chi connectivity index (χ1n) is 6.31. The molecular formula is C16H15ClO. The van der Waals surface area contributed by atoms with Gasteiger partial charge in [0.25, 0.3) is 0 Å². The molecule has 1 aliphatic carbocycles. The van der Waals surface area contributed by atoms with E-state index in [4.69, 9.17) is 11.6 Å². The van der Waals surface area contributed by atoms with Gasteiger partial charge in [-0.1, -0.05) is 41.9 Å². The van der Waals surface area contributed by atoms with E-state index in [9.17, 15) is 5.11 Å². The van der Waals surface area contributed by atoms with Crippen LogP contribution in [0.4, 0.5) is 0 Å². The van der Waals surface area contributed by atoms with Crippen molar-refractivity contribution < 1.29 is 5.11 Å². The molecule has 92 valence electrons. The van der Waals surface area contributed by atoms with E-state index in [1.807, 2.05) is 18.2 Å². The Balaban J connectivity index is 2.04. The fourth-order valence-corrected chi connectivity index (χ4v) is 2.83. The third-order valence-corrected chi connectivity index (χ3v) is 3.82. The largest absolute Gasteiger partial charge is 0.388 e. The van der Waals surface area contributed by atoms with Crippen molar-refractivity contribution >= 4 is 11.6 Å². The molecule has 2 aromatic carbocycles. The Bertz CT molecular complexity index is 577. The van der Waals surface area contributed by atoms with Crippen LogP contribution in [0.5, 0.6) is 0 Å². The fourth-order valence-electron chi connectivity index (χ4n) is 2.64. The van der Waals surface area contributed by atoms with Gasteiger partial charge in [-0.15, -0.1) is 0 Å². The summed E-state index contributed by atoms with van der Waals surface area (Å²) in [6.07, 6.45) is 2.71. The Morgan fingerprint density at radius 3 is 2.72 bits per heavy atom. The molecule has 0 spiro atoms. The summed E-state index contributed by atoms with van der Waals surface area (Å²) in [7, 11) is 0. The molecule has 18 heavy (non-hydrogen) atoms. The number of aliphatic hydroxyl groups is 1. The first-order chi connectivity index (χ1) is 8.74. The van der Waals surface area contributed by atoms with Gasteiger partial charge in [0.05, 0.1) is 6.10 Å². The first kappa shape index (κ1) is 11.8. The summed E-state index contributed by atoms with van der Waals surface area (Å²) in [5, 5.41) is 10.7. The maximum absolute atomic E-state index is 9.95. The monoisotopic (exact) mass is 258 g/mol. The summed E-state index contributed by atoms with van der Waals surface area (Å²) >= 11 is 6.02. The molecule has 0 amide bonds. The van der Waals surface area contributed by atoms with Crippen LogP contribution in [0.2, 0.25) is 5.02 Å². The number of benzene rings is 2. The maximum atomic E-state index is 9.95. The van der Waals surface area contributed by atoms with Crippen molar-refractivity contribution in [3.8, 4) is 11.1 Å². The Labute approximate surface area is 112 Å². The standard InChI is InChI=1S/C16H15ClO/c17-14-5-1-3-11(10-14)12-7-8-15-13(9-12)4-2-6-16(15)18/h1,3,5,7-10,16,18H,2,4,6H2/t16-/m1/s1. The SMILES string of the molecule is O[C@@H]1CCCc2cc(-c3cccc(Cl)c3)ccc21. The van der Waals surface area contributed by atoms with Crippen LogP contribution in [0.15, 0.2) is 42.5 Å². The molecular weight excluding hydrogens is 244 g/mol. The van der Waals surface area contributed by atoms with Crippen LogP contribution in [0.25, 0.3) is 11.1 Å². The topological polar surface area (TPSA) is 20.2 Å². The van der Waals surface area contributed by atoms with Crippen LogP contribution < -0.4 is 0 Å². The van der Waals surface area contributed by atoms with Crippen LogP contribution in [-0.2, 0) is 6.42 Å². The summed E-state index contributed by atoms with van der Waals surface area (Å²) in [5.41, 5.74) is 4.66. The minimum Gasteiger partial charge on any atom is -0.388 e. The van der Waals surface area contributed by atoms with Crippen molar-refractivity contribution in [3.05, 3.63) is 58.6 Å². The van der Waals surface area contributed by atoms with Gasteiger partial charge < -0.3 is 5.11 Å². The van der Waals surface area contributed by atoms with Crippen LogP contribution >= 0.6 is 11.6 Å². The smallest absolute Gasteiger partial charge is 0.0792 e. The highest BCUT2D eigenvalue weighted by Gasteiger charge is 2.17. The molecule has 0 radical (unpaired) electrons. The summed E-state index contributed by atoms with van der Waals surface area (Å²) in [6, 6.07) is 14.2. The average molecular weight is 259 g/mol. The molecule has 2 heteroatoms. The molecule has 0 saturated carbocycles. The van der Waals surface area contributed by atoms with E-state index < -0.39 is 0 Å². The van der Waals surface area contributed by atoms with Crippen LogP contribution in [0.1, 0.15) is 30.1 Å². The van der Waals surface area contributed by atoms with Gasteiger partial charge in [-0.05, 0) is 53.6 Å². The summed E-state index contributed by atoms with van der Waals surface area (Å²) in [6.45, 7) is 0. The molecule has 0 saturated heterocycles. The third-order valence-electron chi connectivity index (χ3n) is 3.58. The van der Waals surface area contributed by atoms with E-state index in [0.717, 1.165) is 35.4 Å². The Kier molecular flexibility index (Phi) is 3.11. The Morgan fingerprint density at radius 2 is 1.89 bits per heavy atom. The minimum absolute atomic E-state index is 0.290. The van der Waals surface area contributed by atoms with Gasteiger partial charge in [-0.2, -0.15) is 0 Å². The highest BCUT2D eigenvalue weighted by molar-refractivity contribution is 6.30. The number of aryl methyl sites for hydroxylation is 1. The lowest BCUT2D eigenvalue weighted by molar-refractivity contribution is 0.156. The molecule has 0 aliphatic heterocycles. The van der Waals surface area contributed by atoms with Gasteiger partial charge >= 0.3 is 0 Å². The van der Waals surface area contributed by atoms with Gasteiger partial charge in [0, 0.05) is 5.02 Å². The Morgan fingerprint density at radius 1 is 1.06 bits per heavy atom. The molecule has 1 N–H and O–H groups in total. The number of halogens is 1. The molecule has 1 atom stereocenters. The van der Waals surface area contributed by atoms with E-state index in [1.165, 1.54) is 11.1 Å². The van der Waals surface area contributed by atoms with Gasteiger partial charge in [-0.3, -0.25) is 0 Å². The predicted octanol–water partition coefficient (Wildman–Crippen LogP) is 4.38. The van der Waals surface area contributed by atoms with Crippen molar-refractivity contribution in [2.24, 2.45) is 0 Å². The lowest BCUT2D eigenvalue weighted by Crippen LogP contribution is -2.08. The van der Waals surface area contributed by atoms with E-state index in [0.29, 0.717) is 0 Å². The van der Waals surface area contributed by atoms with Crippen LogP contribution in [-0.4, -0.2) is 5.11 Å². The number of fused-ring (bicyclic) bond motifs is 1. The number of rotatable bonds is 1. The van der Waals surface area contributed by atoms with Crippen molar-refractivity contribution in [1.82, 2.24) is 0 Å². The van der Waals surface area contributed by atoms with E-state index in [-0.39, 0.29) is 6.10 Å². The van der Waals surface area contributed by atoms with Crippen molar-refractivity contribution in [2.75, 3.05) is 0 Å². The molecule has 0 aromatic heterocycles. The Hall–Kier alpha value is -1.31. The zero-order valence-electron chi connectivity index (χ0n) is 10.1. The van der Waals surface area contributed by atoms with Gasteiger partial charge in [-0.25, -0.2) is 0 Å². The molecule has 3 rings (SSSR count). The van der Waals surface area contributed by atoms with Gasteiger partial charge in [0.1, 0.15) is 0 Å². The summed E-state index contributed by atoms with van der Waals surface area (Å²) in [5.74, 6) is 0. The molecule has 0 bridgehead atoms.